The third-order valence-corrected chi connectivity index (χ3v) is 8.28. The molecule has 0 fully saturated rings. The molecule has 0 aliphatic carbocycles. The topological polar surface area (TPSA) is 96.6 Å². The molecule has 0 aliphatic heterocycles. The number of fused-ring (bicyclic) bond motifs is 4. The number of carboxylic acid groups (broad SMARTS) is 1. The molecular formula is C25H21NO5S2. The Morgan fingerprint density at radius 3 is 2.48 bits per heavy atom. The SMILES string of the molecule is CC(C)[C@H](NS(=O)(=O)c1ccc2c(c1)oc1ccc(-c3cc4ccccc4s3)cc12)C(=O)O. The van der Waals surface area contributed by atoms with E-state index in [2.05, 4.69) is 29.0 Å². The van der Waals surface area contributed by atoms with Crippen molar-refractivity contribution in [2.75, 3.05) is 0 Å². The molecule has 33 heavy (non-hydrogen) atoms. The summed E-state index contributed by atoms with van der Waals surface area (Å²) in [4.78, 5) is 12.5. The summed E-state index contributed by atoms with van der Waals surface area (Å²) in [5.74, 6) is -1.62. The monoisotopic (exact) mass is 479 g/mol. The average Bonchev–Trinajstić information content (AvgIpc) is 3.37. The predicted molar refractivity (Wildman–Crippen MR) is 131 cm³/mol. The van der Waals surface area contributed by atoms with Gasteiger partial charge in [-0.05, 0) is 59.3 Å². The van der Waals surface area contributed by atoms with Crippen molar-refractivity contribution in [2.24, 2.45) is 5.92 Å². The lowest BCUT2D eigenvalue weighted by Gasteiger charge is -2.17. The van der Waals surface area contributed by atoms with Gasteiger partial charge in [0, 0.05) is 26.4 Å². The Morgan fingerprint density at radius 1 is 0.970 bits per heavy atom. The highest BCUT2D eigenvalue weighted by Crippen LogP contribution is 2.37. The number of furan rings is 1. The van der Waals surface area contributed by atoms with Gasteiger partial charge in [-0.1, -0.05) is 32.0 Å². The number of nitrogens with one attached hydrogen (secondary N) is 1. The summed E-state index contributed by atoms with van der Waals surface area (Å²) in [6.07, 6.45) is 0. The zero-order valence-corrected chi connectivity index (χ0v) is 19.5. The van der Waals surface area contributed by atoms with Crippen LogP contribution in [-0.4, -0.2) is 25.5 Å². The third kappa shape index (κ3) is 3.90. The fourth-order valence-electron chi connectivity index (χ4n) is 3.91. The third-order valence-electron chi connectivity index (χ3n) is 5.68. The molecule has 5 rings (SSSR count). The highest BCUT2D eigenvalue weighted by Gasteiger charge is 2.28. The number of benzene rings is 3. The number of hydrogen-bond acceptors (Lipinski definition) is 5. The van der Waals surface area contributed by atoms with Crippen molar-refractivity contribution in [3.63, 3.8) is 0 Å². The summed E-state index contributed by atoms with van der Waals surface area (Å²) < 4.78 is 35.1. The van der Waals surface area contributed by atoms with E-state index in [1.54, 1.807) is 31.3 Å². The van der Waals surface area contributed by atoms with Crippen molar-refractivity contribution >= 4 is 59.4 Å². The second-order valence-electron chi connectivity index (χ2n) is 8.30. The van der Waals surface area contributed by atoms with Crippen LogP contribution < -0.4 is 4.72 Å². The summed E-state index contributed by atoms with van der Waals surface area (Å²) in [6, 6.07) is 19.7. The maximum atomic E-state index is 12.8. The Labute approximate surface area is 194 Å². The largest absolute Gasteiger partial charge is 0.480 e. The molecule has 1 atom stereocenters. The van der Waals surface area contributed by atoms with Gasteiger partial charge in [0.15, 0.2) is 0 Å². The molecule has 168 valence electrons. The Hall–Kier alpha value is -3.20. The zero-order valence-electron chi connectivity index (χ0n) is 17.9. The molecule has 2 heterocycles. The van der Waals surface area contributed by atoms with Gasteiger partial charge in [0.25, 0.3) is 0 Å². The quantitative estimate of drug-likeness (QED) is 0.318. The van der Waals surface area contributed by atoms with E-state index in [1.165, 1.54) is 22.2 Å². The number of carboxylic acids is 1. The summed E-state index contributed by atoms with van der Waals surface area (Å²) in [6.45, 7) is 3.30. The van der Waals surface area contributed by atoms with E-state index in [0.29, 0.717) is 11.2 Å². The molecule has 0 radical (unpaired) electrons. The summed E-state index contributed by atoms with van der Waals surface area (Å²) in [5, 5.41) is 12.2. The Kier molecular flexibility index (Phi) is 5.23. The minimum absolute atomic E-state index is 0.0364. The molecule has 2 N–H and O–H groups in total. The predicted octanol–water partition coefficient (Wildman–Crippen LogP) is 5.86. The van der Waals surface area contributed by atoms with Gasteiger partial charge in [-0.25, -0.2) is 8.42 Å². The van der Waals surface area contributed by atoms with Crippen LogP contribution >= 0.6 is 11.3 Å². The Balaban J connectivity index is 1.55. The van der Waals surface area contributed by atoms with Crippen molar-refractivity contribution in [1.29, 1.82) is 0 Å². The maximum absolute atomic E-state index is 12.8. The van der Waals surface area contributed by atoms with Crippen LogP contribution in [0.15, 0.2) is 76.0 Å². The fourth-order valence-corrected chi connectivity index (χ4v) is 6.32. The van der Waals surface area contributed by atoms with Gasteiger partial charge in [-0.15, -0.1) is 11.3 Å². The lowest BCUT2D eigenvalue weighted by Crippen LogP contribution is -2.44. The first-order valence-electron chi connectivity index (χ1n) is 10.4. The van der Waals surface area contributed by atoms with E-state index in [-0.39, 0.29) is 4.90 Å². The Morgan fingerprint density at radius 2 is 1.76 bits per heavy atom. The molecule has 0 unspecified atom stereocenters. The van der Waals surface area contributed by atoms with Crippen LogP contribution in [0.5, 0.6) is 0 Å². The molecule has 2 aromatic heterocycles. The van der Waals surface area contributed by atoms with E-state index in [0.717, 1.165) is 21.2 Å². The molecule has 8 heteroatoms. The van der Waals surface area contributed by atoms with Crippen LogP contribution in [-0.2, 0) is 14.8 Å². The minimum atomic E-state index is -4.03. The fraction of sp³-hybridized carbons (Fsp3) is 0.160. The van der Waals surface area contributed by atoms with Gasteiger partial charge in [0.1, 0.15) is 17.2 Å². The molecule has 5 aromatic rings. The number of aliphatic carboxylic acids is 1. The highest BCUT2D eigenvalue weighted by atomic mass is 32.2. The maximum Gasteiger partial charge on any atom is 0.322 e. The number of hydrogen-bond donors (Lipinski definition) is 2. The first-order valence-corrected chi connectivity index (χ1v) is 12.7. The lowest BCUT2D eigenvalue weighted by molar-refractivity contribution is -0.140. The first kappa shape index (κ1) is 21.6. The second-order valence-corrected chi connectivity index (χ2v) is 11.1. The average molecular weight is 480 g/mol. The van der Waals surface area contributed by atoms with E-state index in [9.17, 15) is 18.3 Å². The Bertz CT molecular complexity index is 1600. The van der Waals surface area contributed by atoms with Crippen molar-refractivity contribution < 1.29 is 22.7 Å². The van der Waals surface area contributed by atoms with Crippen LogP contribution in [0, 0.1) is 5.92 Å². The highest BCUT2D eigenvalue weighted by molar-refractivity contribution is 7.89. The molecule has 3 aromatic carbocycles. The van der Waals surface area contributed by atoms with Crippen LogP contribution in [0.4, 0.5) is 0 Å². The number of thiophene rings is 1. The van der Waals surface area contributed by atoms with Crippen LogP contribution in [0.25, 0.3) is 42.5 Å². The normalized spacial score (nSPS) is 13.3. The van der Waals surface area contributed by atoms with E-state index >= 15 is 0 Å². The zero-order chi connectivity index (χ0) is 23.3. The van der Waals surface area contributed by atoms with Gasteiger partial charge in [0.05, 0.1) is 4.90 Å². The van der Waals surface area contributed by atoms with Gasteiger partial charge in [0.2, 0.25) is 10.0 Å². The van der Waals surface area contributed by atoms with Gasteiger partial charge in [-0.3, -0.25) is 4.79 Å². The number of rotatable bonds is 6. The molecule has 0 aliphatic rings. The molecule has 0 bridgehead atoms. The number of sulfonamides is 1. The van der Waals surface area contributed by atoms with Crippen molar-refractivity contribution in [1.82, 2.24) is 4.72 Å². The standard InChI is InChI=1S/C25H21NO5S2/c1-14(2)24(25(27)28)26-33(29,30)17-8-9-18-19-11-16(7-10-20(19)31-21(18)13-17)23-12-15-5-3-4-6-22(15)32-23/h3-14,24,26H,1-2H3,(H,27,28)/t24-/m0/s1. The van der Waals surface area contributed by atoms with E-state index < -0.39 is 28.0 Å². The van der Waals surface area contributed by atoms with Crippen molar-refractivity contribution in [3.8, 4) is 10.4 Å². The molecule has 0 spiro atoms. The van der Waals surface area contributed by atoms with Crippen LogP contribution in [0.3, 0.4) is 0 Å². The van der Waals surface area contributed by atoms with Crippen LogP contribution in [0.2, 0.25) is 0 Å². The number of carbonyl (C=O) groups is 1. The molecule has 0 saturated heterocycles. The van der Waals surface area contributed by atoms with Gasteiger partial charge >= 0.3 is 5.97 Å². The molecule has 0 saturated carbocycles. The second kappa shape index (κ2) is 7.98. The van der Waals surface area contributed by atoms with Gasteiger partial charge < -0.3 is 9.52 Å². The summed E-state index contributed by atoms with van der Waals surface area (Å²) in [7, 11) is -4.03. The van der Waals surface area contributed by atoms with Crippen molar-refractivity contribution in [2.45, 2.75) is 24.8 Å². The van der Waals surface area contributed by atoms with Gasteiger partial charge in [-0.2, -0.15) is 4.72 Å². The molecule has 0 amide bonds. The molecule has 6 nitrogen and oxygen atoms in total. The first-order chi connectivity index (χ1) is 15.7. The smallest absolute Gasteiger partial charge is 0.322 e. The minimum Gasteiger partial charge on any atom is -0.480 e. The lowest BCUT2D eigenvalue weighted by atomic mass is 10.1. The van der Waals surface area contributed by atoms with E-state index in [4.69, 9.17) is 4.42 Å². The summed E-state index contributed by atoms with van der Waals surface area (Å²) in [5.41, 5.74) is 2.15. The summed E-state index contributed by atoms with van der Waals surface area (Å²) >= 11 is 1.72. The van der Waals surface area contributed by atoms with Crippen molar-refractivity contribution in [3.05, 3.63) is 66.7 Å². The van der Waals surface area contributed by atoms with E-state index in [1.807, 2.05) is 24.3 Å². The van der Waals surface area contributed by atoms with Crippen LogP contribution in [0.1, 0.15) is 13.8 Å². The molecular weight excluding hydrogens is 458 g/mol.